The number of allylic oxidation sites excluding steroid dienone is 6. The largest absolute Gasteiger partial charge is 0.472 e. The molecule has 0 aliphatic heterocycles. The maximum absolute atomic E-state index is 12.7. The summed E-state index contributed by atoms with van der Waals surface area (Å²) in [4.78, 5) is 35.3. The zero-order valence-electron chi connectivity index (χ0n) is 50.3. The van der Waals surface area contributed by atoms with Crippen LogP contribution in [0.25, 0.3) is 0 Å². The Bertz CT molecular complexity index is 1340. The lowest BCUT2D eigenvalue weighted by atomic mass is 10.0. The highest BCUT2D eigenvalue weighted by atomic mass is 31.2. The number of nitrogens with two attached hydrogens (primary N) is 1. The van der Waals surface area contributed by atoms with E-state index in [9.17, 15) is 19.0 Å². The number of phosphoric acid groups is 1. The van der Waals surface area contributed by atoms with Crippen LogP contribution in [0.3, 0.4) is 0 Å². The lowest BCUT2D eigenvalue weighted by Gasteiger charge is -2.19. The molecule has 3 N–H and O–H groups in total. The van der Waals surface area contributed by atoms with Crippen molar-refractivity contribution in [2.45, 2.75) is 347 Å². The van der Waals surface area contributed by atoms with Gasteiger partial charge in [0.2, 0.25) is 0 Å². The van der Waals surface area contributed by atoms with Gasteiger partial charge in [-0.05, 0) is 51.4 Å². The molecular formula is C66H126NO8P. The van der Waals surface area contributed by atoms with E-state index in [1.165, 1.54) is 263 Å². The standard InChI is InChI=1S/C66H126NO8P/c1-3-5-7-9-11-13-15-17-19-21-23-25-27-29-30-31-32-33-34-35-37-39-41-43-45-47-49-51-53-55-57-59-66(69)75-64(63-74-76(70,71)73-61-60-67)62-72-65(68)58-56-54-52-50-48-46-44-42-40-38-36-28-26-24-22-20-18-16-14-12-10-8-6-4-2/h15,17,21,23,27,29,64H,3-14,16,18-20,22,24-26,28,30-63,67H2,1-2H3,(H,70,71)/b17-15-,23-21-,29-27-. The Morgan fingerprint density at radius 1 is 0.395 bits per heavy atom. The Hall–Kier alpha value is -1.77. The predicted octanol–water partition coefficient (Wildman–Crippen LogP) is 21.1. The van der Waals surface area contributed by atoms with Crippen LogP contribution >= 0.6 is 7.82 Å². The van der Waals surface area contributed by atoms with E-state index in [4.69, 9.17) is 24.3 Å². The molecule has 0 radical (unpaired) electrons. The highest BCUT2D eigenvalue weighted by molar-refractivity contribution is 7.47. The Balaban J connectivity index is 3.86. The van der Waals surface area contributed by atoms with Gasteiger partial charge in [-0.3, -0.25) is 18.6 Å². The third-order valence-corrected chi connectivity index (χ3v) is 15.8. The first-order valence-corrected chi connectivity index (χ1v) is 34.5. The van der Waals surface area contributed by atoms with Gasteiger partial charge in [0.05, 0.1) is 13.2 Å². The Morgan fingerprint density at radius 2 is 0.684 bits per heavy atom. The van der Waals surface area contributed by atoms with Crippen molar-refractivity contribution in [2.24, 2.45) is 5.73 Å². The van der Waals surface area contributed by atoms with E-state index in [0.717, 1.165) is 44.9 Å². The fourth-order valence-electron chi connectivity index (χ4n) is 9.88. The van der Waals surface area contributed by atoms with E-state index in [1.54, 1.807) is 0 Å². The number of carbonyl (C=O) groups excluding carboxylic acids is 2. The molecule has 0 amide bonds. The molecule has 0 spiro atoms. The number of carbonyl (C=O) groups is 2. The molecule has 2 unspecified atom stereocenters. The fourth-order valence-corrected chi connectivity index (χ4v) is 10.6. The van der Waals surface area contributed by atoms with Crippen molar-refractivity contribution in [1.29, 1.82) is 0 Å². The summed E-state index contributed by atoms with van der Waals surface area (Å²) in [6, 6.07) is 0. The minimum Gasteiger partial charge on any atom is -0.462 e. The van der Waals surface area contributed by atoms with E-state index in [0.29, 0.717) is 6.42 Å². The van der Waals surface area contributed by atoms with Gasteiger partial charge in [0, 0.05) is 19.4 Å². The summed E-state index contributed by atoms with van der Waals surface area (Å²) in [7, 11) is -4.39. The van der Waals surface area contributed by atoms with Crippen LogP contribution in [0.1, 0.15) is 341 Å². The monoisotopic (exact) mass is 1090 g/mol. The molecule has 0 fully saturated rings. The summed E-state index contributed by atoms with van der Waals surface area (Å²) in [5, 5.41) is 0. The van der Waals surface area contributed by atoms with Crippen molar-refractivity contribution >= 4 is 19.8 Å². The number of rotatable bonds is 63. The minimum absolute atomic E-state index is 0.0557. The highest BCUT2D eigenvalue weighted by Gasteiger charge is 2.26. The summed E-state index contributed by atoms with van der Waals surface area (Å²) < 4.78 is 33.1. The van der Waals surface area contributed by atoms with E-state index in [2.05, 4.69) is 50.3 Å². The van der Waals surface area contributed by atoms with Gasteiger partial charge < -0.3 is 20.1 Å². The summed E-state index contributed by atoms with van der Waals surface area (Å²) in [6.45, 7) is 3.80. The van der Waals surface area contributed by atoms with E-state index >= 15 is 0 Å². The molecule has 0 aromatic carbocycles. The fraction of sp³-hybridized carbons (Fsp3) is 0.879. The summed E-state index contributed by atoms with van der Waals surface area (Å²) >= 11 is 0. The van der Waals surface area contributed by atoms with Crippen LogP contribution in [0.15, 0.2) is 36.5 Å². The number of esters is 2. The summed E-state index contributed by atoms with van der Waals surface area (Å²) in [5.41, 5.74) is 5.40. The topological polar surface area (TPSA) is 134 Å². The zero-order valence-corrected chi connectivity index (χ0v) is 51.2. The van der Waals surface area contributed by atoms with Crippen molar-refractivity contribution in [3.8, 4) is 0 Å². The second kappa shape index (κ2) is 62.4. The molecule has 10 heteroatoms. The molecule has 0 saturated heterocycles. The second-order valence-corrected chi connectivity index (χ2v) is 23.8. The molecule has 448 valence electrons. The third-order valence-electron chi connectivity index (χ3n) is 14.8. The average Bonchev–Trinajstić information content (AvgIpc) is 3.41. The van der Waals surface area contributed by atoms with Gasteiger partial charge in [0.15, 0.2) is 6.10 Å². The summed E-state index contributed by atoms with van der Waals surface area (Å²) in [5.74, 6) is -0.807. The molecule has 0 bridgehead atoms. The Labute approximate surface area is 471 Å². The van der Waals surface area contributed by atoms with Crippen molar-refractivity contribution in [3.05, 3.63) is 36.5 Å². The van der Waals surface area contributed by atoms with E-state index in [1.807, 2.05) is 0 Å². The molecule has 0 rings (SSSR count). The van der Waals surface area contributed by atoms with Crippen LogP contribution in [0.4, 0.5) is 0 Å². The van der Waals surface area contributed by atoms with E-state index < -0.39 is 26.5 Å². The second-order valence-electron chi connectivity index (χ2n) is 22.3. The molecule has 0 aliphatic rings. The minimum atomic E-state index is -4.39. The van der Waals surface area contributed by atoms with Crippen LogP contribution in [-0.4, -0.2) is 49.3 Å². The Kier molecular flexibility index (Phi) is 61.0. The van der Waals surface area contributed by atoms with Gasteiger partial charge in [0.25, 0.3) is 0 Å². The smallest absolute Gasteiger partial charge is 0.462 e. The number of hydrogen-bond donors (Lipinski definition) is 2. The molecule has 0 aromatic rings. The molecule has 0 saturated carbocycles. The van der Waals surface area contributed by atoms with Crippen molar-refractivity contribution in [2.75, 3.05) is 26.4 Å². The van der Waals surface area contributed by atoms with Gasteiger partial charge >= 0.3 is 19.8 Å². The lowest BCUT2D eigenvalue weighted by Crippen LogP contribution is -2.29. The predicted molar refractivity (Wildman–Crippen MR) is 326 cm³/mol. The number of hydrogen-bond acceptors (Lipinski definition) is 8. The van der Waals surface area contributed by atoms with Gasteiger partial charge in [-0.15, -0.1) is 0 Å². The molecule has 0 heterocycles. The SMILES string of the molecule is CCCCCCC/C=C\C/C=C\C/C=C\CCCCCCCCCCCCCCCCCCC(=O)OC(COC(=O)CCCCCCCCCCCCCCCCCCCCCCCCCC)COP(=O)(O)OCCN. The Morgan fingerprint density at radius 3 is 1.01 bits per heavy atom. The van der Waals surface area contributed by atoms with Gasteiger partial charge in [-0.25, -0.2) is 4.57 Å². The summed E-state index contributed by atoms with van der Waals surface area (Å²) in [6.07, 6.45) is 76.5. The molecule has 9 nitrogen and oxygen atoms in total. The molecule has 0 aromatic heterocycles. The van der Waals surface area contributed by atoms with Crippen LogP contribution in [0.2, 0.25) is 0 Å². The van der Waals surface area contributed by atoms with E-state index in [-0.39, 0.29) is 38.6 Å². The number of ether oxygens (including phenoxy) is 2. The zero-order chi connectivity index (χ0) is 55.2. The van der Waals surface area contributed by atoms with Gasteiger partial charge in [-0.2, -0.15) is 0 Å². The van der Waals surface area contributed by atoms with Crippen molar-refractivity contribution in [1.82, 2.24) is 0 Å². The number of unbranched alkanes of at least 4 members (excludes halogenated alkanes) is 44. The van der Waals surface area contributed by atoms with Gasteiger partial charge in [-0.1, -0.05) is 314 Å². The maximum Gasteiger partial charge on any atom is 0.472 e. The van der Waals surface area contributed by atoms with Crippen LogP contribution in [0, 0.1) is 0 Å². The van der Waals surface area contributed by atoms with Crippen LogP contribution < -0.4 is 5.73 Å². The quantitative estimate of drug-likeness (QED) is 0.0264. The van der Waals surface area contributed by atoms with Gasteiger partial charge in [0.1, 0.15) is 6.61 Å². The maximum atomic E-state index is 12.7. The lowest BCUT2D eigenvalue weighted by molar-refractivity contribution is -0.161. The first-order chi connectivity index (χ1) is 37.3. The first-order valence-electron chi connectivity index (χ1n) is 33.0. The van der Waals surface area contributed by atoms with Crippen molar-refractivity contribution in [3.63, 3.8) is 0 Å². The average molecular weight is 1090 g/mol. The molecule has 2 atom stereocenters. The third kappa shape index (κ3) is 61.4. The molecule has 76 heavy (non-hydrogen) atoms. The highest BCUT2D eigenvalue weighted by Crippen LogP contribution is 2.43. The van der Waals surface area contributed by atoms with Crippen LogP contribution in [-0.2, 0) is 32.7 Å². The normalized spacial score (nSPS) is 13.2. The number of phosphoric ester groups is 1. The molecule has 0 aliphatic carbocycles. The van der Waals surface area contributed by atoms with Crippen molar-refractivity contribution < 1.29 is 37.6 Å². The first kappa shape index (κ1) is 74.2. The van der Waals surface area contributed by atoms with Crippen LogP contribution in [0.5, 0.6) is 0 Å². The molecular weight excluding hydrogens is 966 g/mol.